The lowest BCUT2D eigenvalue weighted by molar-refractivity contribution is 0.0600. The number of methoxy groups -OCH3 is 1. The van der Waals surface area contributed by atoms with Crippen LogP contribution >= 0.6 is 11.3 Å². The number of hydrogen-bond donors (Lipinski definition) is 1. The van der Waals surface area contributed by atoms with E-state index in [1.54, 1.807) is 35.8 Å². The minimum Gasteiger partial charge on any atom is -0.465 e. The molecule has 0 unspecified atom stereocenters. The maximum absolute atomic E-state index is 11.2. The number of carbonyl (C=O) groups excluding carboxylic acids is 1. The van der Waals surface area contributed by atoms with Crippen molar-refractivity contribution < 1.29 is 14.6 Å². The molecule has 2 rings (SSSR count). The van der Waals surface area contributed by atoms with Gasteiger partial charge in [-0.25, -0.2) is 9.78 Å². The zero-order chi connectivity index (χ0) is 12.3. The smallest absolute Gasteiger partial charge is 0.337 e. The van der Waals surface area contributed by atoms with Crippen LogP contribution < -0.4 is 0 Å². The molecule has 17 heavy (non-hydrogen) atoms. The molecule has 0 amide bonds. The zero-order valence-electron chi connectivity index (χ0n) is 9.16. The van der Waals surface area contributed by atoms with Gasteiger partial charge in [0.05, 0.1) is 12.7 Å². The Morgan fingerprint density at radius 3 is 2.65 bits per heavy atom. The third kappa shape index (κ3) is 2.51. The number of aromatic nitrogens is 1. The van der Waals surface area contributed by atoms with Gasteiger partial charge in [0.2, 0.25) is 0 Å². The van der Waals surface area contributed by atoms with E-state index in [2.05, 4.69) is 9.72 Å². The molecule has 1 N–H and O–H groups in total. The van der Waals surface area contributed by atoms with Crippen LogP contribution in [0.2, 0.25) is 0 Å². The Bertz CT molecular complexity index is 493. The molecule has 1 heterocycles. The van der Waals surface area contributed by atoms with Gasteiger partial charge in [0.25, 0.3) is 0 Å². The molecule has 0 bridgehead atoms. The molecule has 0 fully saturated rings. The minimum atomic E-state index is -0.748. The van der Waals surface area contributed by atoms with Gasteiger partial charge in [-0.3, -0.25) is 0 Å². The number of thiazole rings is 1. The fraction of sp³-hybridized carbons (Fsp3) is 0.167. The van der Waals surface area contributed by atoms with E-state index in [1.807, 2.05) is 0 Å². The van der Waals surface area contributed by atoms with E-state index < -0.39 is 6.10 Å². The van der Waals surface area contributed by atoms with Crippen molar-refractivity contribution in [3.8, 4) is 0 Å². The summed E-state index contributed by atoms with van der Waals surface area (Å²) in [5.41, 5.74) is 1.16. The first kappa shape index (κ1) is 11.8. The first-order valence-electron chi connectivity index (χ1n) is 4.98. The predicted octanol–water partition coefficient (Wildman–Crippen LogP) is 2.01. The topological polar surface area (TPSA) is 59.4 Å². The summed E-state index contributed by atoms with van der Waals surface area (Å²) in [5.74, 6) is -0.389. The zero-order valence-corrected chi connectivity index (χ0v) is 9.98. The van der Waals surface area contributed by atoms with Crippen molar-refractivity contribution in [3.63, 3.8) is 0 Å². The van der Waals surface area contributed by atoms with Gasteiger partial charge in [-0.15, -0.1) is 11.3 Å². The van der Waals surface area contributed by atoms with Crippen LogP contribution in [0, 0.1) is 0 Å². The highest BCUT2D eigenvalue weighted by molar-refractivity contribution is 7.09. The summed E-state index contributed by atoms with van der Waals surface area (Å²) in [4.78, 5) is 15.3. The van der Waals surface area contributed by atoms with Gasteiger partial charge in [0.15, 0.2) is 0 Å². The molecule has 88 valence electrons. The highest BCUT2D eigenvalue weighted by Gasteiger charge is 2.13. The van der Waals surface area contributed by atoms with E-state index in [4.69, 9.17) is 0 Å². The molecule has 0 spiro atoms. The van der Waals surface area contributed by atoms with Crippen LogP contribution in [-0.4, -0.2) is 23.2 Å². The molecular weight excluding hydrogens is 238 g/mol. The molecule has 0 saturated heterocycles. The highest BCUT2D eigenvalue weighted by atomic mass is 32.1. The summed E-state index contributed by atoms with van der Waals surface area (Å²) in [7, 11) is 1.33. The number of nitrogens with zero attached hydrogens (tertiary/aromatic N) is 1. The van der Waals surface area contributed by atoms with Crippen LogP contribution in [0.5, 0.6) is 0 Å². The maximum Gasteiger partial charge on any atom is 0.337 e. The summed E-state index contributed by atoms with van der Waals surface area (Å²) < 4.78 is 4.60. The second kappa shape index (κ2) is 5.07. The van der Waals surface area contributed by atoms with Gasteiger partial charge in [-0.05, 0) is 17.7 Å². The van der Waals surface area contributed by atoms with Crippen LogP contribution in [0.3, 0.4) is 0 Å². The summed E-state index contributed by atoms with van der Waals surface area (Å²) in [6.45, 7) is 0. The average Bonchev–Trinajstić information content (AvgIpc) is 2.91. The normalized spacial score (nSPS) is 12.1. The lowest BCUT2D eigenvalue weighted by Gasteiger charge is -2.08. The van der Waals surface area contributed by atoms with Crippen LogP contribution in [-0.2, 0) is 4.74 Å². The molecular formula is C12H11NO3S. The largest absolute Gasteiger partial charge is 0.465 e. The number of aliphatic hydroxyl groups excluding tert-OH is 1. The Morgan fingerprint density at radius 2 is 2.12 bits per heavy atom. The van der Waals surface area contributed by atoms with Gasteiger partial charge in [0.1, 0.15) is 11.1 Å². The lowest BCUT2D eigenvalue weighted by atomic mass is 10.1. The van der Waals surface area contributed by atoms with Crippen molar-refractivity contribution in [2.75, 3.05) is 7.11 Å². The van der Waals surface area contributed by atoms with Crippen LogP contribution in [0.1, 0.15) is 27.0 Å². The van der Waals surface area contributed by atoms with E-state index in [9.17, 15) is 9.90 Å². The van der Waals surface area contributed by atoms with Crippen molar-refractivity contribution in [1.29, 1.82) is 0 Å². The fourth-order valence-electron chi connectivity index (χ4n) is 1.43. The van der Waals surface area contributed by atoms with Crippen molar-refractivity contribution in [3.05, 3.63) is 52.0 Å². The van der Waals surface area contributed by atoms with Crippen molar-refractivity contribution in [2.24, 2.45) is 0 Å². The van der Waals surface area contributed by atoms with Crippen molar-refractivity contribution >= 4 is 17.3 Å². The van der Waals surface area contributed by atoms with E-state index >= 15 is 0 Å². The number of esters is 1. The molecule has 0 aliphatic rings. The van der Waals surface area contributed by atoms with Gasteiger partial charge < -0.3 is 9.84 Å². The second-order valence-electron chi connectivity index (χ2n) is 3.39. The SMILES string of the molecule is COC(=O)c1ccc([C@@H](O)c2nccs2)cc1. The van der Waals surface area contributed by atoms with E-state index in [0.717, 1.165) is 0 Å². The molecule has 1 atom stereocenters. The van der Waals surface area contributed by atoms with E-state index in [1.165, 1.54) is 18.4 Å². The minimum absolute atomic E-state index is 0.389. The predicted molar refractivity (Wildman–Crippen MR) is 64.0 cm³/mol. The molecule has 0 aliphatic carbocycles. The van der Waals surface area contributed by atoms with Gasteiger partial charge in [-0.2, -0.15) is 0 Å². The number of rotatable bonds is 3. The van der Waals surface area contributed by atoms with Crippen LogP contribution in [0.25, 0.3) is 0 Å². The molecule has 5 heteroatoms. The van der Waals surface area contributed by atoms with Crippen LogP contribution in [0.15, 0.2) is 35.8 Å². The Balaban J connectivity index is 2.21. The summed E-state index contributed by atoms with van der Waals surface area (Å²) in [6.07, 6.45) is 0.896. The Kier molecular flexibility index (Phi) is 3.51. The summed E-state index contributed by atoms with van der Waals surface area (Å²) in [6, 6.07) is 6.63. The van der Waals surface area contributed by atoms with Gasteiger partial charge >= 0.3 is 5.97 Å². The molecule has 2 aromatic rings. The number of ether oxygens (including phenoxy) is 1. The van der Waals surface area contributed by atoms with Gasteiger partial charge in [-0.1, -0.05) is 12.1 Å². The van der Waals surface area contributed by atoms with Crippen molar-refractivity contribution in [1.82, 2.24) is 4.98 Å². The third-order valence-electron chi connectivity index (χ3n) is 2.33. The summed E-state index contributed by atoms with van der Waals surface area (Å²) in [5, 5.41) is 12.4. The Hall–Kier alpha value is -1.72. The maximum atomic E-state index is 11.2. The quantitative estimate of drug-likeness (QED) is 0.845. The summed E-state index contributed by atoms with van der Waals surface area (Å²) >= 11 is 1.39. The molecule has 0 radical (unpaired) electrons. The fourth-order valence-corrected chi connectivity index (χ4v) is 2.08. The number of hydrogen-bond acceptors (Lipinski definition) is 5. The first-order valence-corrected chi connectivity index (χ1v) is 5.86. The molecule has 4 nitrogen and oxygen atoms in total. The lowest BCUT2D eigenvalue weighted by Crippen LogP contribution is -2.03. The number of aliphatic hydroxyl groups is 1. The number of carbonyl (C=O) groups is 1. The standard InChI is InChI=1S/C12H11NO3S/c1-16-12(15)9-4-2-8(3-5-9)10(14)11-13-6-7-17-11/h2-7,10,14H,1H3/t10-/m1/s1. The van der Waals surface area contributed by atoms with Gasteiger partial charge in [0, 0.05) is 11.6 Å². The molecule has 1 aromatic carbocycles. The van der Waals surface area contributed by atoms with E-state index in [-0.39, 0.29) is 5.97 Å². The molecule has 0 aliphatic heterocycles. The molecule has 1 aromatic heterocycles. The van der Waals surface area contributed by atoms with Crippen LogP contribution in [0.4, 0.5) is 0 Å². The monoisotopic (exact) mass is 249 g/mol. The average molecular weight is 249 g/mol. The Labute approximate surface area is 103 Å². The third-order valence-corrected chi connectivity index (χ3v) is 3.16. The van der Waals surface area contributed by atoms with Crippen molar-refractivity contribution in [2.45, 2.75) is 6.10 Å². The van der Waals surface area contributed by atoms with E-state index in [0.29, 0.717) is 16.1 Å². The highest BCUT2D eigenvalue weighted by Crippen LogP contribution is 2.23. The Morgan fingerprint density at radius 1 is 1.41 bits per heavy atom. The second-order valence-corrected chi connectivity index (χ2v) is 4.31. The molecule has 0 saturated carbocycles. The number of benzene rings is 1. The first-order chi connectivity index (χ1) is 8.22.